The van der Waals surface area contributed by atoms with E-state index in [1.807, 2.05) is 6.92 Å². The summed E-state index contributed by atoms with van der Waals surface area (Å²) in [5.74, 6) is -0.188. The number of esters is 1. The molecule has 1 rings (SSSR count). The molecule has 0 aromatic carbocycles. The fourth-order valence-corrected chi connectivity index (χ4v) is 1.68. The molecule has 0 N–H and O–H groups in total. The Morgan fingerprint density at radius 1 is 1.57 bits per heavy atom. The van der Waals surface area contributed by atoms with Crippen LogP contribution in [0.25, 0.3) is 0 Å². The molecule has 0 bridgehead atoms. The van der Waals surface area contributed by atoms with Crippen LogP contribution < -0.4 is 0 Å². The van der Waals surface area contributed by atoms with Crippen molar-refractivity contribution >= 4 is 5.97 Å². The summed E-state index contributed by atoms with van der Waals surface area (Å²) in [4.78, 5) is 11.6. The number of carbonyl (C=O) groups is 1. The van der Waals surface area contributed by atoms with E-state index in [0.717, 1.165) is 6.42 Å². The van der Waals surface area contributed by atoms with Crippen LogP contribution >= 0.6 is 0 Å². The van der Waals surface area contributed by atoms with Crippen molar-refractivity contribution in [2.75, 3.05) is 7.11 Å². The molecule has 0 amide bonds. The summed E-state index contributed by atoms with van der Waals surface area (Å²) in [5.41, 5.74) is 1.09. The highest BCUT2D eigenvalue weighted by Crippen LogP contribution is 2.35. The lowest BCUT2D eigenvalue weighted by Crippen LogP contribution is -2.29. The van der Waals surface area contributed by atoms with Gasteiger partial charge in [0.15, 0.2) is 0 Å². The summed E-state index contributed by atoms with van der Waals surface area (Å²) < 4.78 is 4.81. The van der Waals surface area contributed by atoms with Crippen LogP contribution in [0.1, 0.15) is 27.2 Å². The lowest BCUT2D eigenvalue weighted by atomic mass is 9.77. The highest BCUT2D eigenvalue weighted by Gasteiger charge is 2.33. The summed E-state index contributed by atoms with van der Waals surface area (Å²) in [5, 5.41) is 0. The standard InChI is InChI=1S/C12H18O2/c1-9-5-6-10(11(13)14-4)12(2,3)8-7-9/h5,7-8,10H,6H2,1-4H3/t10-/m1/s1. The van der Waals surface area contributed by atoms with Crippen molar-refractivity contribution in [3.63, 3.8) is 0 Å². The quantitative estimate of drug-likeness (QED) is 0.600. The third-order valence-electron chi connectivity index (χ3n) is 2.84. The Morgan fingerprint density at radius 3 is 2.79 bits per heavy atom. The zero-order chi connectivity index (χ0) is 10.8. The number of hydrogen-bond donors (Lipinski definition) is 0. The second kappa shape index (κ2) is 3.99. The van der Waals surface area contributed by atoms with Crippen molar-refractivity contribution in [3.8, 4) is 0 Å². The van der Waals surface area contributed by atoms with Crippen molar-refractivity contribution in [2.24, 2.45) is 11.3 Å². The van der Waals surface area contributed by atoms with Crippen molar-refractivity contribution in [1.82, 2.24) is 0 Å². The van der Waals surface area contributed by atoms with E-state index in [0.29, 0.717) is 0 Å². The fourth-order valence-electron chi connectivity index (χ4n) is 1.68. The van der Waals surface area contributed by atoms with Crippen LogP contribution in [0, 0.1) is 11.3 Å². The number of allylic oxidation sites excluding steroid dienone is 4. The summed E-state index contributed by atoms with van der Waals surface area (Å²) in [6.07, 6.45) is 7.02. The molecule has 0 saturated heterocycles. The van der Waals surface area contributed by atoms with Crippen LogP contribution in [0.4, 0.5) is 0 Å². The molecule has 0 aliphatic heterocycles. The minimum absolute atomic E-state index is 0.0683. The van der Waals surface area contributed by atoms with Gasteiger partial charge in [0.05, 0.1) is 13.0 Å². The van der Waals surface area contributed by atoms with Crippen LogP contribution in [0.15, 0.2) is 23.8 Å². The smallest absolute Gasteiger partial charge is 0.309 e. The van der Waals surface area contributed by atoms with E-state index >= 15 is 0 Å². The predicted octanol–water partition coefficient (Wildman–Crippen LogP) is 2.71. The highest BCUT2D eigenvalue weighted by atomic mass is 16.5. The molecular formula is C12H18O2. The first-order valence-corrected chi connectivity index (χ1v) is 4.91. The fraction of sp³-hybridized carbons (Fsp3) is 0.583. The first-order valence-electron chi connectivity index (χ1n) is 4.91. The average molecular weight is 194 g/mol. The van der Waals surface area contributed by atoms with Gasteiger partial charge in [-0.05, 0) is 18.8 Å². The van der Waals surface area contributed by atoms with Crippen LogP contribution in [0.3, 0.4) is 0 Å². The number of ether oxygens (including phenoxy) is 1. The second-order valence-electron chi connectivity index (χ2n) is 4.41. The Balaban J connectivity index is 2.94. The summed E-state index contributed by atoms with van der Waals surface area (Å²) in [6.45, 7) is 6.18. The van der Waals surface area contributed by atoms with Gasteiger partial charge in [0.25, 0.3) is 0 Å². The molecule has 14 heavy (non-hydrogen) atoms. The molecule has 1 aliphatic carbocycles. The van der Waals surface area contributed by atoms with Crippen molar-refractivity contribution in [2.45, 2.75) is 27.2 Å². The minimum Gasteiger partial charge on any atom is -0.469 e. The van der Waals surface area contributed by atoms with E-state index < -0.39 is 0 Å². The molecule has 0 spiro atoms. The first kappa shape index (κ1) is 11.0. The number of hydrogen-bond acceptors (Lipinski definition) is 2. The van der Waals surface area contributed by atoms with Gasteiger partial charge < -0.3 is 4.74 Å². The lowest BCUT2D eigenvalue weighted by Gasteiger charge is -2.27. The van der Waals surface area contributed by atoms with E-state index in [1.165, 1.54) is 12.7 Å². The van der Waals surface area contributed by atoms with E-state index in [2.05, 4.69) is 32.1 Å². The van der Waals surface area contributed by atoms with Crippen LogP contribution in [0.5, 0.6) is 0 Å². The zero-order valence-electron chi connectivity index (χ0n) is 9.33. The lowest BCUT2D eigenvalue weighted by molar-refractivity contribution is -0.148. The second-order valence-corrected chi connectivity index (χ2v) is 4.41. The van der Waals surface area contributed by atoms with Gasteiger partial charge in [-0.25, -0.2) is 0 Å². The predicted molar refractivity (Wildman–Crippen MR) is 56.8 cm³/mol. The Kier molecular flexibility index (Phi) is 3.14. The molecule has 0 aromatic heterocycles. The first-order chi connectivity index (χ1) is 6.47. The van der Waals surface area contributed by atoms with Crippen LogP contribution in [-0.2, 0) is 9.53 Å². The molecule has 0 unspecified atom stereocenters. The van der Waals surface area contributed by atoms with Gasteiger partial charge in [-0.15, -0.1) is 0 Å². The third kappa shape index (κ3) is 2.25. The van der Waals surface area contributed by atoms with E-state index in [-0.39, 0.29) is 17.3 Å². The Morgan fingerprint density at radius 2 is 2.21 bits per heavy atom. The molecular weight excluding hydrogens is 176 g/mol. The Hall–Kier alpha value is -1.05. The number of rotatable bonds is 1. The summed E-state index contributed by atoms with van der Waals surface area (Å²) in [7, 11) is 1.45. The molecule has 1 aliphatic rings. The minimum atomic E-state index is -0.124. The molecule has 1 atom stereocenters. The normalized spacial score (nSPS) is 25.1. The molecule has 2 heteroatoms. The molecule has 78 valence electrons. The maximum Gasteiger partial charge on any atom is 0.309 e. The number of carbonyl (C=O) groups excluding carboxylic acids is 1. The topological polar surface area (TPSA) is 26.3 Å². The molecule has 0 fully saturated rings. The van der Waals surface area contributed by atoms with Crippen LogP contribution in [0.2, 0.25) is 0 Å². The maximum absolute atomic E-state index is 11.6. The van der Waals surface area contributed by atoms with Crippen molar-refractivity contribution in [1.29, 1.82) is 0 Å². The SMILES string of the molecule is COC(=O)[C@H]1CC=C(C)C=CC1(C)C. The van der Waals surface area contributed by atoms with Gasteiger partial charge in [0.1, 0.15) is 0 Å². The highest BCUT2D eigenvalue weighted by molar-refractivity contribution is 5.74. The molecule has 2 nitrogen and oxygen atoms in total. The number of methoxy groups -OCH3 is 1. The Bertz CT molecular complexity index is 285. The van der Waals surface area contributed by atoms with E-state index in [1.54, 1.807) is 0 Å². The largest absolute Gasteiger partial charge is 0.469 e. The van der Waals surface area contributed by atoms with Crippen molar-refractivity contribution in [3.05, 3.63) is 23.8 Å². The summed E-state index contributed by atoms with van der Waals surface area (Å²) >= 11 is 0. The molecule has 0 saturated carbocycles. The van der Waals surface area contributed by atoms with E-state index in [4.69, 9.17) is 4.74 Å². The molecule has 0 heterocycles. The van der Waals surface area contributed by atoms with Gasteiger partial charge in [-0.3, -0.25) is 4.79 Å². The zero-order valence-corrected chi connectivity index (χ0v) is 9.33. The van der Waals surface area contributed by atoms with Gasteiger partial charge in [0.2, 0.25) is 0 Å². The van der Waals surface area contributed by atoms with Gasteiger partial charge in [-0.2, -0.15) is 0 Å². The monoisotopic (exact) mass is 194 g/mol. The molecule has 0 aromatic rings. The van der Waals surface area contributed by atoms with Gasteiger partial charge in [0, 0.05) is 0 Å². The van der Waals surface area contributed by atoms with Gasteiger partial charge >= 0.3 is 5.97 Å². The Labute approximate surface area is 85.6 Å². The van der Waals surface area contributed by atoms with E-state index in [9.17, 15) is 4.79 Å². The van der Waals surface area contributed by atoms with Crippen molar-refractivity contribution < 1.29 is 9.53 Å². The maximum atomic E-state index is 11.6. The molecule has 0 radical (unpaired) electrons. The summed E-state index contributed by atoms with van der Waals surface area (Å²) in [6, 6.07) is 0. The third-order valence-corrected chi connectivity index (χ3v) is 2.84. The van der Waals surface area contributed by atoms with Crippen LogP contribution in [-0.4, -0.2) is 13.1 Å². The average Bonchev–Trinajstić information content (AvgIpc) is 2.26. The van der Waals surface area contributed by atoms with Gasteiger partial charge in [-0.1, -0.05) is 37.6 Å².